The third kappa shape index (κ3) is 4.14. The molecule has 1 heterocycles. The van der Waals surface area contributed by atoms with Gasteiger partial charge in [-0.05, 0) is 54.9 Å². The molecule has 0 atom stereocenters. The van der Waals surface area contributed by atoms with Gasteiger partial charge in [0.15, 0.2) is 0 Å². The van der Waals surface area contributed by atoms with E-state index in [-0.39, 0.29) is 0 Å². The van der Waals surface area contributed by atoms with E-state index in [9.17, 15) is 4.79 Å². The maximum Gasteiger partial charge on any atom is 0.419 e. The van der Waals surface area contributed by atoms with Crippen molar-refractivity contribution in [1.29, 1.82) is 0 Å². The Hall–Kier alpha value is -2.60. The van der Waals surface area contributed by atoms with Crippen LogP contribution in [0.25, 0.3) is 10.9 Å². The molecule has 0 aliphatic rings. The summed E-state index contributed by atoms with van der Waals surface area (Å²) < 4.78 is 7.79. The van der Waals surface area contributed by atoms with Crippen molar-refractivity contribution >= 4 is 44.8 Å². The Labute approximate surface area is 160 Å². The minimum absolute atomic E-state index is 0.412. The van der Waals surface area contributed by atoms with Gasteiger partial charge in [-0.15, -0.1) is 0 Å². The average Bonchev–Trinajstić information content (AvgIpc) is 2.92. The Bertz CT molecular complexity index is 956. The predicted molar refractivity (Wildman–Crippen MR) is 109 cm³/mol. The summed E-state index contributed by atoms with van der Waals surface area (Å²) in [7, 11) is 0. The van der Waals surface area contributed by atoms with Crippen LogP contribution in [-0.2, 0) is 4.74 Å². The minimum atomic E-state index is -0.557. The average molecular weight is 414 g/mol. The highest BCUT2D eigenvalue weighted by atomic mass is 79.9. The summed E-state index contributed by atoms with van der Waals surface area (Å²) in [5, 5.41) is 5.20. The first-order valence-corrected chi connectivity index (χ1v) is 9.01. The Balaban J connectivity index is 1.92. The van der Waals surface area contributed by atoms with E-state index in [0.717, 1.165) is 26.6 Å². The molecule has 0 aliphatic carbocycles. The minimum Gasteiger partial charge on any atom is -0.443 e. The summed E-state index contributed by atoms with van der Waals surface area (Å²) >= 11 is 3.54. The van der Waals surface area contributed by atoms with Crippen LogP contribution in [0, 0.1) is 0 Å². The van der Waals surface area contributed by atoms with Gasteiger partial charge < -0.3 is 4.74 Å². The lowest BCUT2D eigenvalue weighted by Gasteiger charge is -2.19. The molecule has 5 nitrogen and oxygen atoms in total. The number of hydrazone groups is 1. The number of fused-ring (bicyclic) bond motifs is 1. The molecule has 6 heteroatoms. The number of para-hydroxylation sites is 1. The summed E-state index contributed by atoms with van der Waals surface area (Å²) in [6.45, 7) is 5.54. The number of benzene rings is 2. The lowest BCUT2D eigenvalue weighted by atomic mass is 10.1. The fraction of sp³-hybridized carbons (Fsp3) is 0.200. The van der Waals surface area contributed by atoms with E-state index in [1.807, 2.05) is 69.3 Å². The van der Waals surface area contributed by atoms with E-state index in [0.29, 0.717) is 0 Å². The quantitative estimate of drug-likeness (QED) is 0.446. The Morgan fingerprint density at radius 3 is 2.58 bits per heavy atom. The van der Waals surface area contributed by atoms with Crippen LogP contribution in [0.15, 0.2) is 64.3 Å². The number of anilines is 1. The van der Waals surface area contributed by atoms with Gasteiger partial charge in [-0.2, -0.15) is 5.10 Å². The van der Waals surface area contributed by atoms with Gasteiger partial charge in [-0.1, -0.05) is 30.3 Å². The van der Waals surface area contributed by atoms with Crippen LogP contribution in [-0.4, -0.2) is 22.5 Å². The Kier molecular flexibility index (Phi) is 5.13. The molecule has 0 saturated heterocycles. The number of hydrogen-bond acceptors (Lipinski definition) is 4. The van der Waals surface area contributed by atoms with Crippen LogP contribution in [0.5, 0.6) is 0 Å². The van der Waals surface area contributed by atoms with Crippen molar-refractivity contribution in [2.75, 3.05) is 5.43 Å². The van der Waals surface area contributed by atoms with Crippen LogP contribution in [0.3, 0.4) is 0 Å². The van der Waals surface area contributed by atoms with Gasteiger partial charge in [-0.25, -0.2) is 4.79 Å². The first-order valence-electron chi connectivity index (χ1n) is 8.22. The third-order valence-electron chi connectivity index (χ3n) is 3.58. The van der Waals surface area contributed by atoms with Crippen molar-refractivity contribution in [2.45, 2.75) is 26.4 Å². The summed E-state index contributed by atoms with van der Waals surface area (Å²) in [4.78, 5) is 12.5. The van der Waals surface area contributed by atoms with Crippen molar-refractivity contribution in [1.82, 2.24) is 4.57 Å². The van der Waals surface area contributed by atoms with Gasteiger partial charge in [-0.3, -0.25) is 9.99 Å². The van der Waals surface area contributed by atoms with Crippen LogP contribution in [0.2, 0.25) is 0 Å². The first kappa shape index (κ1) is 18.2. The van der Waals surface area contributed by atoms with Crippen molar-refractivity contribution in [3.63, 3.8) is 0 Å². The van der Waals surface area contributed by atoms with E-state index < -0.39 is 11.7 Å². The van der Waals surface area contributed by atoms with Gasteiger partial charge in [0.1, 0.15) is 5.60 Å². The molecule has 0 aliphatic heterocycles. The largest absolute Gasteiger partial charge is 0.443 e. The molecule has 0 bridgehead atoms. The fourth-order valence-electron chi connectivity index (χ4n) is 2.52. The Morgan fingerprint density at radius 2 is 1.88 bits per heavy atom. The molecule has 0 radical (unpaired) electrons. The SMILES string of the molecule is CC(C)(C)OC(=O)n1cc(Br)c2c(C=NNc3ccccc3)cccc21. The number of nitrogens with zero attached hydrogens (tertiary/aromatic N) is 2. The van der Waals surface area contributed by atoms with E-state index in [2.05, 4.69) is 26.5 Å². The van der Waals surface area contributed by atoms with Crippen molar-refractivity contribution in [3.05, 3.63) is 64.8 Å². The van der Waals surface area contributed by atoms with Gasteiger partial charge in [0.05, 0.1) is 17.4 Å². The topological polar surface area (TPSA) is 55.6 Å². The molecule has 1 aromatic heterocycles. The Morgan fingerprint density at radius 1 is 1.15 bits per heavy atom. The monoisotopic (exact) mass is 413 g/mol. The molecule has 1 N–H and O–H groups in total. The fourth-order valence-corrected chi connectivity index (χ4v) is 3.16. The number of nitrogens with one attached hydrogen (secondary N) is 1. The zero-order valence-electron chi connectivity index (χ0n) is 14.9. The maximum atomic E-state index is 12.5. The third-order valence-corrected chi connectivity index (χ3v) is 4.18. The van der Waals surface area contributed by atoms with E-state index in [4.69, 9.17) is 4.74 Å². The molecule has 26 heavy (non-hydrogen) atoms. The summed E-state index contributed by atoms with van der Waals surface area (Å²) in [5.74, 6) is 0. The molecular weight excluding hydrogens is 394 g/mol. The standard InChI is InChI=1S/C20H20BrN3O2/c1-20(2,3)26-19(25)24-13-16(21)18-14(8-7-11-17(18)24)12-22-23-15-9-5-4-6-10-15/h4-13,23H,1-3H3. The molecule has 3 aromatic rings. The molecule has 134 valence electrons. The highest BCUT2D eigenvalue weighted by molar-refractivity contribution is 9.10. The van der Waals surface area contributed by atoms with Crippen LogP contribution >= 0.6 is 15.9 Å². The molecule has 0 unspecified atom stereocenters. The van der Waals surface area contributed by atoms with E-state index >= 15 is 0 Å². The number of carbonyl (C=O) groups excluding carboxylic acids is 1. The number of ether oxygens (including phenoxy) is 1. The molecule has 0 spiro atoms. The molecule has 3 rings (SSSR count). The highest BCUT2D eigenvalue weighted by Gasteiger charge is 2.21. The number of aromatic nitrogens is 1. The van der Waals surface area contributed by atoms with Crippen molar-refractivity contribution < 1.29 is 9.53 Å². The second-order valence-electron chi connectivity index (χ2n) is 6.80. The molecule has 0 saturated carbocycles. The summed E-state index contributed by atoms with van der Waals surface area (Å²) in [5.41, 5.74) is 4.99. The van der Waals surface area contributed by atoms with Crippen molar-refractivity contribution in [3.8, 4) is 0 Å². The number of halogens is 1. The second-order valence-corrected chi connectivity index (χ2v) is 7.66. The second kappa shape index (κ2) is 7.33. The maximum absolute atomic E-state index is 12.5. The van der Waals surface area contributed by atoms with Gasteiger partial charge in [0.2, 0.25) is 0 Å². The normalized spacial score (nSPS) is 11.8. The van der Waals surface area contributed by atoms with Crippen LogP contribution < -0.4 is 5.43 Å². The van der Waals surface area contributed by atoms with Crippen molar-refractivity contribution in [2.24, 2.45) is 5.10 Å². The lowest BCUT2D eigenvalue weighted by molar-refractivity contribution is 0.0544. The predicted octanol–water partition coefficient (Wildman–Crippen LogP) is 5.63. The first-order chi connectivity index (χ1) is 12.3. The van der Waals surface area contributed by atoms with Crippen LogP contribution in [0.1, 0.15) is 26.3 Å². The van der Waals surface area contributed by atoms with Gasteiger partial charge in [0, 0.05) is 21.6 Å². The lowest BCUT2D eigenvalue weighted by Crippen LogP contribution is -2.26. The summed E-state index contributed by atoms with van der Waals surface area (Å²) in [6, 6.07) is 15.4. The van der Waals surface area contributed by atoms with Gasteiger partial charge >= 0.3 is 6.09 Å². The number of hydrogen-bond donors (Lipinski definition) is 1. The zero-order chi connectivity index (χ0) is 18.7. The zero-order valence-corrected chi connectivity index (χ0v) is 16.4. The highest BCUT2D eigenvalue weighted by Crippen LogP contribution is 2.29. The molecule has 0 amide bonds. The molecule has 0 fully saturated rings. The van der Waals surface area contributed by atoms with Crippen LogP contribution in [0.4, 0.5) is 10.5 Å². The van der Waals surface area contributed by atoms with E-state index in [1.54, 1.807) is 12.4 Å². The van der Waals surface area contributed by atoms with Gasteiger partial charge in [0.25, 0.3) is 0 Å². The molecule has 2 aromatic carbocycles. The number of carbonyl (C=O) groups is 1. The molecular formula is C20H20BrN3O2. The number of rotatable bonds is 3. The summed E-state index contributed by atoms with van der Waals surface area (Å²) in [6.07, 6.45) is 3.05. The smallest absolute Gasteiger partial charge is 0.419 e. The van der Waals surface area contributed by atoms with E-state index in [1.165, 1.54) is 4.57 Å².